The van der Waals surface area contributed by atoms with Gasteiger partial charge in [0.25, 0.3) is 0 Å². The van der Waals surface area contributed by atoms with Crippen LogP contribution in [0.5, 0.6) is 11.5 Å². The topological polar surface area (TPSA) is 68.2 Å². The minimum absolute atomic E-state index is 0.0935. The second-order valence-electron chi connectivity index (χ2n) is 9.47. The summed E-state index contributed by atoms with van der Waals surface area (Å²) in [6.07, 6.45) is 3.34. The van der Waals surface area contributed by atoms with Crippen molar-refractivity contribution in [2.45, 2.75) is 51.3 Å². The van der Waals surface area contributed by atoms with Gasteiger partial charge in [-0.15, -0.1) is 0 Å². The molecule has 4 rings (SSSR count). The zero-order valence-corrected chi connectivity index (χ0v) is 21.6. The average molecular weight is 504 g/mol. The van der Waals surface area contributed by atoms with Gasteiger partial charge in [-0.2, -0.15) is 0 Å². The lowest BCUT2D eigenvalue weighted by molar-refractivity contribution is -0.145. The predicted octanol–water partition coefficient (Wildman–Crippen LogP) is 4.82. The number of carbonyl (C=O) groups excluding carboxylic acids is 1. The number of hydrogen-bond acceptors (Lipinski definition) is 6. The second-order valence-corrected chi connectivity index (χ2v) is 9.47. The van der Waals surface area contributed by atoms with Crippen molar-refractivity contribution >= 4 is 5.97 Å². The molecule has 1 unspecified atom stereocenters. The van der Waals surface area contributed by atoms with E-state index >= 15 is 0 Å². The van der Waals surface area contributed by atoms with Gasteiger partial charge in [0.1, 0.15) is 24.2 Å². The van der Waals surface area contributed by atoms with E-state index < -0.39 is 6.10 Å². The van der Waals surface area contributed by atoms with Crippen LogP contribution in [-0.2, 0) is 28.9 Å². The lowest BCUT2D eigenvalue weighted by Crippen LogP contribution is -2.42. The lowest BCUT2D eigenvalue weighted by atomic mass is 10.00. The molecule has 3 aromatic carbocycles. The molecule has 1 aliphatic rings. The fourth-order valence-electron chi connectivity index (χ4n) is 4.86. The van der Waals surface area contributed by atoms with E-state index in [9.17, 15) is 9.90 Å². The van der Waals surface area contributed by atoms with Crippen molar-refractivity contribution in [1.29, 1.82) is 0 Å². The fraction of sp³-hybridized carbons (Fsp3) is 0.387. The van der Waals surface area contributed by atoms with Crippen molar-refractivity contribution in [1.82, 2.24) is 4.90 Å². The number of ether oxygens (including phenoxy) is 3. The smallest absolute Gasteiger partial charge is 0.344 e. The summed E-state index contributed by atoms with van der Waals surface area (Å²) in [5.41, 5.74) is 3.77. The van der Waals surface area contributed by atoms with Gasteiger partial charge in [-0.1, -0.05) is 54.6 Å². The van der Waals surface area contributed by atoms with E-state index in [1.54, 1.807) is 6.92 Å². The third kappa shape index (κ3) is 8.34. The average Bonchev–Trinajstić information content (AvgIpc) is 3.14. The molecule has 0 saturated carbocycles. The van der Waals surface area contributed by atoms with Gasteiger partial charge in [-0.05, 0) is 73.6 Å². The molecule has 6 heteroatoms. The Labute approximate surface area is 219 Å². The molecule has 6 nitrogen and oxygen atoms in total. The molecule has 3 aromatic rings. The number of aryl methyl sites for hydroxylation is 1. The first-order valence-corrected chi connectivity index (χ1v) is 13.1. The van der Waals surface area contributed by atoms with Gasteiger partial charge >= 0.3 is 5.97 Å². The first-order chi connectivity index (χ1) is 18.1. The summed E-state index contributed by atoms with van der Waals surface area (Å²) >= 11 is 0. The Kier molecular flexibility index (Phi) is 9.97. The summed E-state index contributed by atoms with van der Waals surface area (Å²) in [5, 5.41) is 10.9. The van der Waals surface area contributed by atoms with E-state index in [2.05, 4.69) is 41.3 Å². The number of para-hydroxylation sites is 1. The van der Waals surface area contributed by atoms with Crippen LogP contribution < -0.4 is 9.47 Å². The highest BCUT2D eigenvalue weighted by Crippen LogP contribution is 2.28. The number of aliphatic hydroxyl groups excluding tert-OH is 1. The number of carbonyl (C=O) groups is 1. The largest absolute Gasteiger partial charge is 0.491 e. The molecule has 0 bridgehead atoms. The minimum Gasteiger partial charge on any atom is -0.491 e. The van der Waals surface area contributed by atoms with Crippen LogP contribution in [0.15, 0.2) is 78.9 Å². The molecule has 1 N–H and O–H groups in total. The number of aliphatic hydroxyl groups is 1. The Morgan fingerprint density at radius 1 is 0.973 bits per heavy atom. The molecular formula is C31H37NO5. The number of hydrogen-bond donors (Lipinski definition) is 1. The summed E-state index contributed by atoms with van der Waals surface area (Å²) in [6, 6.07) is 26.4. The normalized spacial score (nSPS) is 15.9. The molecule has 2 atom stereocenters. The van der Waals surface area contributed by atoms with Crippen molar-refractivity contribution in [3.63, 3.8) is 0 Å². The second kappa shape index (κ2) is 13.8. The number of fused-ring (bicyclic) bond motifs is 1. The zero-order chi connectivity index (χ0) is 25.9. The highest BCUT2D eigenvalue weighted by Gasteiger charge is 2.25. The molecule has 0 saturated heterocycles. The number of benzene rings is 3. The van der Waals surface area contributed by atoms with E-state index in [4.69, 9.17) is 14.2 Å². The van der Waals surface area contributed by atoms with Crippen LogP contribution in [0.3, 0.4) is 0 Å². The molecule has 1 aliphatic carbocycles. The van der Waals surface area contributed by atoms with Crippen LogP contribution in [0.25, 0.3) is 0 Å². The summed E-state index contributed by atoms with van der Waals surface area (Å²) in [7, 11) is 0. The van der Waals surface area contributed by atoms with E-state index in [-0.39, 0.29) is 25.2 Å². The molecule has 37 heavy (non-hydrogen) atoms. The van der Waals surface area contributed by atoms with Crippen molar-refractivity contribution in [3.8, 4) is 11.5 Å². The minimum atomic E-state index is -0.620. The van der Waals surface area contributed by atoms with Crippen molar-refractivity contribution < 1.29 is 24.1 Å². The van der Waals surface area contributed by atoms with Gasteiger partial charge in [0.05, 0.1) is 6.61 Å². The van der Waals surface area contributed by atoms with Crippen molar-refractivity contribution in [3.05, 3.63) is 95.6 Å². The first kappa shape index (κ1) is 26.7. The maximum atomic E-state index is 11.7. The molecule has 0 amide bonds. The van der Waals surface area contributed by atoms with E-state index in [1.807, 2.05) is 42.5 Å². The highest BCUT2D eigenvalue weighted by molar-refractivity contribution is 5.71. The molecule has 0 heterocycles. The summed E-state index contributed by atoms with van der Waals surface area (Å²) in [6.45, 7) is 3.54. The maximum absolute atomic E-state index is 11.7. The van der Waals surface area contributed by atoms with Gasteiger partial charge < -0.3 is 19.3 Å². The van der Waals surface area contributed by atoms with Crippen LogP contribution in [0.1, 0.15) is 36.5 Å². The number of esters is 1. The van der Waals surface area contributed by atoms with E-state index in [0.717, 1.165) is 38.0 Å². The maximum Gasteiger partial charge on any atom is 0.344 e. The summed E-state index contributed by atoms with van der Waals surface area (Å²) < 4.78 is 16.5. The summed E-state index contributed by atoms with van der Waals surface area (Å²) in [5.74, 6) is 1.07. The van der Waals surface area contributed by atoms with E-state index in [0.29, 0.717) is 18.9 Å². The van der Waals surface area contributed by atoms with Crippen LogP contribution in [0, 0.1) is 0 Å². The Hall–Kier alpha value is -3.35. The number of nitrogens with zero attached hydrogens (tertiary/aromatic N) is 1. The van der Waals surface area contributed by atoms with Gasteiger partial charge in [-0.3, -0.25) is 4.90 Å². The predicted molar refractivity (Wildman–Crippen MR) is 144 cm³/mol. The van der Waals surface area contributed by atoms with Crippen molar-refractivity contribution in [2.75, 3.05) is 26.4 Å². The highest BCUT2D eigenvalue weighted by atomic mass is 16.6. The SMILES string of the molecule is CCOC(=O)COc1ccc2c(c1)CC(N(Cc1ccccc1)C[C@H](O)COc1ccccc1)CCC2. The first-order valence-electron chi connectivity index (χ1n) is 13.1. The van der Waals surface area contributed by atoms with Crippen LogP contribution >= 0.6 is 0 Å². The molecule has 0 radical (unpaired) electrons. The Morgan fingerprint density at radius 2 is 1.73 bits per heavy atom. The third-order valence-corrected chi connectivity index (χ3v) is 6.65. The van der Waals surface area contributed by atoms with Crippen LogP contribution in [0.2, 0.25) is 0 Å². The van der Waals surface area contributed by atoms with Gasteiger partial charge in [-0.25, -0.2) is 4.79 Å². The molecular weight excluding hydrogens is 466 g/mol. The Bertz CT molecular complexity index is 1110. The third-order valence-electron chi connectivity index (χ3n) is 6.65. The van der Waals surface area contributed by atoms with Crippen molar-refractivity contribution in [2.24, 2.45) is 0 Å². The van der Waals surface area contributed by atoms with E-state index in [1.165, 1.54) is 16.7 Å². The van der Waals surface area contributed by atoms with Gasteiger partial charge in [0.2, 0.25) is 0 Å². The monoisotopic (exact) mass is 503 g/mol. The lowest BCUT2D eigenvalue weighted by Gasteiger charge is -2.33. The standard InChI is InChI=1S/C31H37NO5/c1-2-35-31(34)23-37-30-17-16-25-12-9-13-27(18-26(25)19-30)32(20-24-10-5-3-6-11-24)21-28(33)22-36-29-14-7-4-8-15-29/h3-8,10-11,14-17,19,27-28,33H,2,9,12-13,18,20-23H2,1H3/t27?,28-/m0/s1. The number of rotatable bonds is 12. The zero-order valence-electron chi connectivity index (χ0n) is 21.6. The molecule has 0 aliphatic heterocycles. The Balaban J connectivity index is 1.46. The van der Waals surface area contributed by atoms with Crippen LogP contribution in [0.4, 0.5) is 0 Å². The summed E-state index contributed by atoms with van der Waals surface area (Å²) in [4.78, 5) is 14.1. The molecule has 0 spiro atoms. The molecule has 0 aromatic heterocycles. The molecule has 196 valence electrons. The Morgan fingerprint density at radius 3 is 2.49 bits per heavy atom. The van der Waals surface area contributed by atoms with Gasteiger partial charge in [0, 0.05) is 19.1 Å². The molecule has 0 fully saturated rings. The quantitative estimate of drug-likeness (QED) is 0.282. The fourth-order valence-corrected chi connectivity index (χ4v) is 4.86. The van der Waals surface area contributed by atoms with Crippen LogP contribution in [-0.4, -0.2) is 54.5 Å². The van der Waals surface area contributed by atoms with Gasteiger partial charge in [0.15, 0.2) is 6.61 Å².